The van der Waals surface area contributed by atoms with Gasteiger partial charge in [-0.15, -0.1) is 0 Å². The van der Waals surface area contributed by atoms with Crippen molar-refractivity contribution >= 4 is 23.3 Å². The van der Waals surface area contributed by atoms with Gasteiger partial charge in [-0.25, -0.2) is 27.4 Å². The van der Waals surface area contributed by atoms with E-state index in [-0.39, 0.29) is 5.56 Å². The lowest BCUT2D eigenvalue weighted by molar-refractivity contribution is 0.146. The molecule has 10 heteroatoms. The molecule has 0 aliphatic carbocycles. The third kappa shape index (κ3) is 4.45. The summed E-state index contributed by atoms with van der Waals surface area (Å²) in [5.41, 5.74) is 3.06. The van der Waals surface area contributed by atoms with Crippen LogP contribution in [-0.2, 0) is 6.54 Å². The molecule has 4 aliphatic rings. The molecule has 5 rings (SSSR count). The first kappa shape index (κ1) is 23.9. The average Bonchev–Trinajstić information content (AvgIpc) is 3.34. The number of hydrogen-bond donors (Lipinski definition) is 1. The highest BCUT2D eigenvalue weighted by atomic mass is 32.2. The molecule has 0 amide bonds. The molecule has 0 radical (unpaired) electrons. The Bertz CT molecular complexity index is 1340. The van der Waals surface area contributed by atoms with Gasteiger partial charge in [-0.3, -0.25) is 4.99 Å². The molecule has 1 N–H and O–H groups in total. The largest absolute Gasteiger partial charge is 0.369 e. The summed E-state index contributed by atoms with van der Waals surface area (Å²) in [6, 6.07) is 5.41. The predicted molar refractivity (Wildman–Crippen MR) is 133 cm³/mol. The highest BCUT2D eigenvalue weighted by Gasteiger charge is 2.26. The Labute approximate surface area is 206 Å². The number of aromatic nitrogens is 3. The molecule has 1 aromatic rings. The number of hydrogen-bond acceptors (Lipinski definition) is 6. The van der Waals surface area contributed by atoms with Gasteiger partial charge in [0.15, 0.2) is 5.49 Å². The molecule has 0 bridgehead atoms. The molecule has 1 aromatic carbocycles. The number of nitrogens with one attached hydrogen (secondary N) is 1. The van der Waals surface area contributed by atoms with Gasteiger partial charge in [-0.05, 0) is 38.2 Å². The van der Waals surface area contributed by atoms with Crippen molar-refractivity contribution < 1.29 is 13.2 Å². The molecular formula is C25H27F3N6S. The molecule has 0 saturated heterocycles. The lowest BCUT2D eigenvalue weighted by Crippen LogP contribution is -2.23. The second-order valence-electron chi connectivity index (χ2n) is 8.72. The fraction of sp³-hybridized carbons (Fsp3) is 0.400. The Morgan fingerprint density at radius 3 is 2.66 bits per heavy atom. The Balaban J connectivity index is 1.66. The molecule has 0 fully saturated rings. The van der Waals surface area contributed by atoms with Crippen LogP contribution >= 0.6 is 11.9 Å². The van der Waals surface area contributed by atoms with E-state index in [1.807, 2.05) is 0 Å². The number of alkyl halides is 2. The van der Waals surface area contributed by atoms with Crippen LogP contribution in [0.3, 0.4) is 0 Å². The summed E-state index contributed by atoms with van der Waals surface area (Å²) >= 11 is 1.74. The molecule has 0 spiro atoms. The summed E-state index contributed by atoms with van der Waals surface area (Å²) in [6.07, 6.45) is 2.37. The van der Waals surface area contributed by atoms with E-state index in [9.17, 15) is 13.2 Å². The van der Waals surface area contributed by atoms with Crippen LogP contribution in [0, 0.1) is 12.7 Å². The normalized spacial score (nSPS) is 17.6. The number of aryl methyl sites for hydroxylation is 1. The molecule has 1 atom stereocenters. The van der Waals surface area contributed by atoms with Gasteiger partial charge < -0.3 is 9.88 Å². The maximum absolute atomic E-state index is 14.8. The van der Waals surface area contributed by atoms with Crippen LogP contribution in [-0.4, -0.2) is 44.7 Å². The summed E-state index contributed by atoms with van der Waals surface area (Å²) in [6.45, 7) is 6.88. The average molecular weight is 501 g/mol. The Morgan fingerprint density at radius 1 is 1.14 bits per heavy atom. The Hall–Kier alpha value is -2.85. The molecular weight excluding hydrogens is 473 g/mol. The first-order valence-electron chi connectivity index (χ1n) is 11.6. The summed E-state index contributed by atoms with van der Waals surface area (Å²) in [4.78, 5) is 14.0. The van der Waals surface area contributed by atoms with E-state index in [1.165, 1.54) is 17.7 Å². The zero-order chi connectivity index (χ0) is 24.7. The Kier molecular flexibility index (Phi) is 6.59. The van der Waals surface area contributed by atoms with Crippen LogP contribution in [0.4, 0.5) is 19.0 Å². The molecule has 4 aliphatic heterocycles. The van der Waals surface area contributed by atoms with Crippen molar-refractivity contribution in [2.24, 2.45) is 4.99 Å². The molecule has 0 saturated carbocycles. The summed E-state index contributed by atoms with van der Waals surface area (Å²) in [7, 11) is 0. The van der Waals surface area contributed by atoms with Gasteiger partial charge in [0.05, 0.1) is 17.2 Å². The lowest BCUT2D eigenvalue weighted by atomic mass is 9.98. The van der Waals surface area contributed by atoms with Gasteiger partial charge in [-0.1, -0.05) is 36.2 Å². The number of benzene rings is 1. The molecule has 0 unspecified atom stereocenters. The van der Waals surface area contributed by atoms with E-state index in [0.717, 1.165) is 61.4 Å². The SMILES string of the molecule is CSN1CC=C(c2cc3c(=N[C@H](C)c4cccc(C(F)F)c4F)nc(C)nc-3n3c2NCC3)CC1. The van der Waals surface area contributed by atoms with Gasteiger partial charge in [0, 0.05) is 37.3 Å². The first-order valence-corrected chi connectivity index (χ1v) is 12.8. The topological polar surface area (TPSA) is 58.3 Å². The fourth-order valence-electron chi connectivity index (χ4n) is 4.76. The monoisotopic (exact) mass is 500 g/mol. The van der Waals surface area contributed by atoms with Crippen LogP contribution in [0.25, 0.3) is 17.0 Å². The molecule has 6 nitrogen and oxygen atoms in total. The third-order valence-corrected chi connectivity index (χ3v) is 7.40. The van der Waals surface area contributed by atoms with Crippen molar-refractivity contribution in [1.29, 1.82) is 0 Å². The molecule has 4 heterocycles. The number of pyridine rings is 1. The number of halogens is 3. The standard InChI is InChI=1S/C25H27F3N6S/c1-14(17-5-4-6-18(21(17)26)22(27)28)30-23-20-13-19(16-7-10-33(35-3)11-8-16)24-29-9-12-34(24)25(20)32-15(2)31-23/h4-7,13-14,22,29H,8-12H2,1-3H3/t14-/m1/s1. The Morgan fingerprint density at radius 2 is 1.94 bits per heavy atom. The quantitative estimate of drug-likeness (QED) is 0.487. The number of rotatable bonds is 5. The van der Waals surface area contributed by atoms with Crippen LogP contribution in [0.5, 0.6) is 0 Å². The van der Waals surface area contributed by atoms with Crippen molar-refractivity contribution in [2.75, 3.05) is 31.2 Å². The zero-order valence-electron chi connectivity index (χ0n) is 19.9. The van der Waals surface area contributed by atoms with Gasteiger partial charge in [0.2, 0.25) is 0 Å². The van der Waals surface area contributed by atoms with Crippen molar-refractivity contribution in [2.45, 2.75) is 39.3 Å². The smallest absolute Gasteiger partial charge is 0.266 e. The van der Waals surface area contributed by atoms with Crippen molar-refractivity contribution in [3.63, 3.8) is 0 Å². The van der Waals surface area contributed by atoms with Crippen LogP contribution in [0.15, 0.2) is 35.3 Å². The van der Waals surface area contributed by atoms with E-state index in [4.69, 9.17) is 9.98 Å². The van der Waals surface area contributed by atoms with Crippen LogP contribution in [0.1, 0.15) is 48.3 Å². The van der Waals surface area contributed by atoms with Gasteiger partial charge in [0.25, 0.3) is 6.43 Å². The highest BCUT2D eigenvalue weighted by molar-refractivity contribution is 7.96. The van der Waals surface area contributed by atoms with E-state index >= 15 is 0 Å². The lowest BCUT2D eigenvalue weighted by Gasteiger charge is -2.26. The third-order valence-electron chi connectivity index (χ3n) is 6.55. The minimum atomic E-state index is -2.89. The highest BCUT2D eigenvalue weighted by Crippen LogP contribution is 2.36. The van der Waals surface area contributed by atoms with Crippen molar-refractivity contribution in [3.05, 3.63) is 64.2 Å². The first-order chi connectivity index (χ1) is 16.9. The summed E-state index contributed by atoms with van der Waals surface area (Å²) in [5.74, 6) is 1.43. The van der Waals surface area contributed by atoms with Crippen molar-refractivity contribution in [1.82, 2.24) is 18.8 Å². The molecule has 184 valence electrons. The predicted octanol–water partition coefficient (Wildman–Crippen LogP) is 5.22. The van der Waals surface area contributed by atoms with Crippen LogP contribution in [0.2, 0.25) is 0 Å². The van der Waals surface area contributed by atoms with E-state index < -0.39 is 23.8 Å². The second-order valence-corrected chi connectivity index (χ2v) is 9.60. The minimum Gasteiger partial charge on any atom is -0.369 e. The van der Waals surface area contributed by atoms with Crippen LogP contribution < -0.4 is 10.8 Å². The molecule has 35 heavy (non-hydrogen) atoms. The van der Waals surface area contributed by atoms with Gasteiger partial charge in [-0.2, -0.15) is 0 Å². The van der Waals surface area contributed by atoms with E-state index in [2.05, 4.69) is 37.6 Å². The summed E-state index contributed by atoms with van der Waals surface area (Å²) in [5, 5.41) is 3.50. The number of nitrogens with zero attached hydrogens (tertiary/aromatic N) is 5. The van der Waals surface area contributed by atoms with Gasteiger partial charge >= 0.3 is 0 Å². The van der Waals surface area contributed by atoms with E-state index in [1.54, 1.807) is 25.8 Å². The van der Waals surface area contributed by atoms with E-state index in [0.29, 0.717) is 11.3 Å². The summed E-state index contributed by atoms with van der Waals surface area (Å²) < 4.78 is 45.8. The minimum absolute atomic E-state index is 0.120. The number of anilines is 1. The maximum atomic E-state index is 14.8. The van der Waals surface area contributed by atoms with Crippen molar-refractivity contribution in [3.8, 4) is 11.4 Å². The second kappa shape index (κ2) is 9.66. The molecule has 0 aromatic heterocycles. The van der Waals surface area contributed by atoms with Gasteiger partial charge in [0.1, 0.15) is 23.3 Å². The maximum Gasteiger partial charge on any atom is 0.266 e. The number of fused-ring (bicyclic) bond motifs is 3. The zero-order valence-corrected chi connectivity index (χ0v) is 20.7. The fourth-order valence-corrected chi connectivity index (χ4v) is 5.26.